The average molecular weight is 276 g/mol. The van der Waals surface area contributed by atoms with Gasteiger partial charge < -0.3 is 0 Å². The number of hydrogen-bond donors (Lipinski definition) is 0. The molecule has 2 aromatic rings. The number of rotatable bonds is 4. The van der Waals surface area contributed by atoms with E-state index in [2.05, 4.69) is 9.97 Å². The van der Waals surface area contributed by atoms with Crippen LogP contribution in [-0.4, -0.2) is 15.8 Å². The summed E-state index contributed by atoms with van der Waals surface area (Å²) in [5, 5.41) is 0. The molecule has 0 aliphatic heterocycles. The summed E-state index contributed by atoms with van der Waals surface area (Å²) in [5.41, 5.74) is 1.22. The standard InChI is InChI=1S/C14H13FN2OS/c1-9-13(10(2)18)7-16-14(17-9)8-19-12-5-3-4-11(15)6-12/h3-7H,8H2,1-2H3. The first kappa shape index (κ1) is 13.7. The molecule has 1 heterocycles. The smallest absolute Gasteiger partial charge is 0.163 e. The zero-order valence-electron chi connectivity index (χ0n) is 10.7. The maximum Gasteiger partial charge on any atom is 0.163 e. The van der Waals surface area contributed by atoms with Crippen molar-refractivity contribution in [2.45, 2.75) is 24.5 Å². The van der Waals surface area contributed by atoms with Crippen LogP contribution >= 0.6 is 11.8 Å². The molecule has 0 fully saturated rings. The monoisotopic (exact) mass is 276 g/mol. The summed E-state index contributed by atoms with van der Waals surface area (Å²) in [7, 11) is 0. The van der Waals surface area contributed by atoms with Crippen molar-refractivity contribution in [1.82, 2.24) is 9.97 Å². The predicted octanol–water partition coefficient (Wildman–Crippen LogP) is 3.42. The molecule has 0 amide bonds. The number of carbonyl (C=O) groups is 1. The Kier molecular flexibility index (Phi) is 4.27. The molecular weight excluding hydrogens is 263 g/mol. The second-order valence-corrected chi connectivity index (χ2v) is 5.14. The summed E-state index contributed by atoms with van der Waals surface area (Å²) >= 11 is 1.46. The molecule has 5 heteroatoms. The summed E-state index contributed by atoms with van der Waals surface area (Å²) in [5.74, 6) is 0.885. The van der Waals surface area contributed by atoms with Crippen LogP contribution in [0.15, 0.2) is 35.4 Å². The molecule has 1 aromatic heterocycles. The van der Waals surface area contributed by atoms with E-state index < -0.39 is 0 Å². The SMILES string of the molecule is CC(=O)c1cnc(CSc2cccc(F)c2)nc1C. The topological polar surface area (TPSA) is 42.9 Å². The van der Waals surface area contributed by atoms with E-state index in [1.54, 1.807) is 19.2 Å². The molecule has 0 spiro atoms. The van der Waals surface area contributed by atoms with Crippen LogP contribution in [0.2, 0.25) is 0 Å². The van der Waals surface area contributed by atoms with Gasteiger partial charge in [0.25, 0.3) is 0 Å². The fourth-order valence-electron chi connectivity index (χ4n) is 1.64. The van der Waals surface area contributed by atoms with Crippen LogP contribution in [0.1, 0.15) is 28.8 Å². The van der Waals surface area contributed by atoms with Gasteiger partial charge in [0.15, 0.2) is 5.78 Å². The lowest BCUT2D eigenvalue weighted by Gasteiger charge is -2.04. The fraction of sp³-hybridized carbons (Fsp3) is 0.214. The van der Waals surface area contributed by atoms with Crippen LogP contribution in [0.25, 0.3) is 0 Å². The molecular formula is C14H13FN2OS. The van der Waals surface area contributed by atoms with E-state index in [1.165, 1.54) is 30.8 Å². The molecule has 0 unspecified atom stereocenters. The molecule has 0 saturated heterocycles. The van der Waals surface area contributed by atoms with Crippen molar-refractivity contribution in [1.29, 1.82) is 0 Å². The Labute approximate surface area is 115 Å². The van der Waals surface area contributed by atoms with E-state index in [1.807, 2.05) is 6.07 Å². The maximum absolute atomic E-state index is 13.0. The summed E-state index contributed by atoms with van der Waals surface area (Å²) in [4.78, 5) is 20.5. The molecule has 0 aliphatic rings. The average Bonchev–Trinajstić information content (AvgIpc) is 2.36. The van der Waals surface area contributed by atoms with Gasteiger partial charge in [-0.2, -0.15) is 0 Å². The van der Waals surface area contributed by atoms with Crippen molar-refractivity contribution in [3.8, 4) is 0 Å². The number of Topliss-reactive ketones (excluding diaryl/α,β-unsaturated/α-hetero) is 1. The van der Waals surface area contributed by atoms with E-state index in [4.69, 9.17) is 0 Å². The maximum atomic E-state index is 13.0. The van der Waals surface area contributed by atoms with Gasteiger partial charge in [0, 0.05) is 11.1 Å². The Hall–Kier alpha value is -1.75. The van der Waals surface area contributed by atoms with E-state index in [-0.39, 0.29) is 11.6 Å². The van der Waals surface area contributed by atoms with Gasteiger partial charge in [-0.3, -0.25) is 4.79 Å². The third-order valence-electron chi connectivity index (χ3n) is 2.57. The van der Waals surface area contributed by atoms with Crippen molar-refractivity contribution in [3.05, 3.63) is 53.4 Å². The molecule has 0 atom stereocenters. The van der Waals surface area contributed by atoms with Crippen molar-refractivity contribution in [2.75, 3.05) is 0 Å². The lowest BCUT2D eigenvalue weighted by Crippen LogP contribution is -2.03. The van der Waals surface area contributed by atoms with Gasteiger partial charge in [-0.1, -0.05) is 6.07 Å². The van der Waals surface area contributed by atoms with Crippen LogP contribution in [0.4, 0.5) is 4.39 Å². The van der Waals surface area contributed by atoms with Crippen molar-refractivity contribution in [2.24, 2.45) is 0 Å². The van der Waals surface area contributed by atoms with Crippen LogP contribution in [0.3, 0.4) is 0 Å². The minimum absolute atomic E-state index is 0.0400. The lowest BCUT2D eigenvalue weighted by atomic mass is 10.2. The predicted molar refractivity (Wildman–Crippen MR) is 72.7 cm³/mol. The number of benzene rings is 1. The van der Waals surface area contributed by atoms with E-state index >= 15 is 0 Å². The minimum atomic E-state index is -0.256. The second kappa shape index (κ2) is 5.93. The largest absolute Gasteiger partial charge is 0.294 e. The molecule has 98 valence electrons. The van der Waals surface area contributed by atoms with Crippen LogP contribution < -0.4 is 0 Å². The molecule has 0 bridgehead atoms. The van der Waals surface area contributed by atoms with Gasteiger partial charge in [-0.15, -0.1) is 11.8 Å². The normalized spacial score (nSPS) is 10.5. The van der Waals surface area contributed by atoms with E-state index in [0.717, 1.165) is 4.90 Å². The zero-order valence-corrected chi connectivity index (χ0v) is 11.5. The highest BCUT2D eigenvalue weighted by Gasteiger charge is 2.07. The number of carbonyl (C=O) groups excluding carboxylic acids is 1. The molecule has 2 rings (SSSR count). The second-order valence-electron chi connectivity index (χ2n) is 4.09. The Morgan fingerprint density at radius 2 is 2.21 bits per heavy atom. The van der Waals surface area contributed by atoms with Gasteiger partial charge in [-0.05, 0) is 32.0 Å². The van der Waals surface area contributed by atoms with Crippen molar-refractivity contribution >= 4 is 17.5 Å². The summed E-state index contributed by atoms with van der Waals surface area (Å²) in [6, 6.07) is 6.39. The number of aryl methyl sites for hydroxylation is 1. The van der Waals surface area contributed by atoms with Crippen LogP contribution in [0.5, 0.6) is 0 Å². The Bertz CT molecular complexity index is 616. The van der Waals surface area contributed by atoms with Crippen molar-refractivity contribution in [3.63, 3.8) is 0 Å². The number of hydrogen-bond acceptors (Lipinski definition) is 4. The Morgan fingerprint density at radius 1 is 1.42 bits per heavy atom. The summed E-state index contributed by atoms with van der Waals surface area (Å²) in [6.45, 7) is 3.28. The number of halogens is 1. The molecule has 0 N–H and O–H groups in total. The minimum Gasteiger partial charge on any atom is -0.294 e. The van der Waals surface area contributed by atoms with Gasteiger partial charge >= 0.3 is 0 Å². The van der Waals surface area contributed by atoms with Crippen LogP contribution in [0, 0.1) is 12.7 Å². The van der Waals surface area contributed by atoms with Gasteiger partial charge in [0.2, 0.25) is 0 Å². The lowest BCUT2D eigenvalue weighted by molar-refractivity contribution is 0.101. The van der Waals surface area contributed by atoms with Gasteiger partial charge in [0.1, 0.15) is 11.6 Å². The quantitative estimate of drug-likeness (QED) is 0.634. The number of ketones is 1. The first-order chi connectivity index (χ1) is 9.06. The highest BCUT2D eigenvalue weighted by molar-refractivity contribution is 7.98. The third kappa shape index (κ3) is 3.61. The Morgan fingerprint density at radius 3 is 2.84 bits per heavy atom. The first-order valence-corrected chi connectivity index (χ1v) is 6.76. The van der Waals surface area contributed by atoms with E-state index in [9.17, 15) is 9.18 Å². The summed E-state index contributed by atoms with van der Waals surface area (Å²) < 4.78 is 13.0. The van der Waals surface area contributed by atoms with Crippen molar-refractivity contribution < 1.29 is 9.18 Å². The van der Waals surface area contributed by atoms with E-state index in [0.29, 0.717) is 22.8 Å². The summed E-state index contributed by atoms with van der Waals surface area (Å²) in [6.07, 6.45) is 1.55. The molecule has 0 aliphatic carbocycles. The number of nitrogens with zero attached hydrogens (tertiary/aromatic N) is 2. The zero-order chi connectivity index (χ0) is 13.8. The fourth-order valence-corrected chi connectivity index (χ4v) is 2.44. The molecule has 0 saturated carbocycles. The van der Waals surface area contributed by atoms with Gasteiger partial charge in [0.05, 0.1) is 17.0 Å². The first-order valence-electron chi connectivity index (χ1n) is 5.78. The highest BCUT2D eigenvalue weighted by atomic mass is 32.2. The third-order valence-corrected chi connectivity index (χ3v) is 3.56. The molecule has 1 aromatic carbocycles. The van der Waals surface area contributed by atoms with Crippen LogP contribution in [-0.2, 0) is 5.75 Å². The highest BCUT2D eigenvalue weighted by Crippen LogP contribution is 2.22. The number of thioether (sulfide) groups is 1. The molecule has 19 heavy (non-hydrogen) atoms. The molecule has 3 nitrogen and oxygen atoms in total. The van der Waals surface area contributed by atoms with Gasteiger partial charge in [-0.25, -0.2) is 14.4 Å². The number of aromatic nitrogens is 2. The molecule has 0 radical (unpaired) electrons. The Balaban J connectivity index is 2.08.